The summed E-state index contributed by atoms with van der Waals surface area (Å²) in [6.45, 7) is 6.27. The highest BCUT2D eigenvalue weighted by molar-refractivity contribution is 8.14. The molecule has 0 aromatic heterocycles. The Kier molecular flexibility index (Phi) is 8.47. The summed E-state index contributed by atoms with van der Waals surface area (Å²) in [6.07, 6.45) is 7.09. The summed E-state index contributed by atoms with van der Waals surface area (Å²) in [7, 11) is 0. The van der Waals surface area contributed by atoms with E-state index < -0.39 is 0 Å². The van der Waals surface area contributed by atoms with Gasteiger partial charge in [-0.05, 0) is 57.5 Å². The van der Waals surface area contributed by atoms with Gasteiger partial charge in [-0.25, -0.2) is 0 Å². The van der Waals surface area contributed by atoms with Gasteiger partial charge in [0.1, 0.15) is 5.75 Å². The van der Waals surface area contributed by atoms with Crippen LogP contribution in [0.5, 0.6) is 5.75 Å². The second-order valence-corrected chi connectivity index (χ2v) is 7.42. The third kappa shape index (κ3) is 6.36. The van der Waals surface area contributed by atoms with Gasteiger partial charge in [0, 0.05) is 17.5 Å². The summed E-state index contributed by atoms with van der Waals surface area (Å²) >= 11 is 1.39. The van der Waals surface area contributed by atoms with Crippen molar-refractivity contribution < 1.29 is 9.53 Å². The average Bonchev–Trinajstić information content (AvgIpc) is 2.60. The summed E-state index contributed by atoms with van der Waals surface area (Å²) in [5.74, 6) is 1.48. The number of hydrogen-bond acceptors (Lipinski definition) is 5. The maximum absolute atomic E-state index is 12.5. The van der Waals surface area contributed by atoms with Crippen LogP contribution in [0.2, 0.25) is 0 Å². The van der Waals surface area contributed by atoms with E-state index in [4.69, 9.17) is 10.5 Å². The van der Waals surface area contributed by atoms with Crippen molar-refractivity contribution in [1.82, 2.24) is 4.90 Å². The van der Waals surface area contributed by atoms with E-state index in [1.807, 2.05) is 0 Å². The lowest BCUT2D eigenvalue weighted by Gasteiger charge is -2.26. The Balaban J connectivity index is 1.80. The number of rotatable bonds is 9. The Labute approximate surface area is 150 Å². The number of thioether (sulfide) groups is 1. The minimum Gasteiger partial charge on any atom is -0.493 e. The van der Waals surface area contributed by atoms with E-state index in [1.54, 1.807) is 18.2 Å². The van der Waals surface area contributed by atoms with Gasteiger partial charge >= 0.3 is 0 Å². The molecule has 1 aromatic rings. The summed E-state index contributed by atoms with van der Waals surface area (Å²) in [5.41, 5.74) is 7.11. The number of nitrogen functional groups attached to an aromatic ring is 1. The van der Waals surface area contributed by atoms with Crippen molar-refractivity contribution in [1.29, 1.82) is 0 Å². The number of unbranched alkanes of at least 4 members (excludes halogenated alkanes) is 1. The number of ether oxygens (including phenoxy) is 1. The van der Waals surface area contributed by atoms with Crippen LogP contribution in [0.4, 0.5) is 5.69 Å². The van der Waals surface area contributed by atoms with E-state index in [0.717, 1.165) is 31.6 Å². The molecule has 1 aromatic carbocycles. The van der Waals surface area contributed by atoms with Gasteiger partial charge in [-0.2, -0.15) is 0 Å². The van der Waals surface area contributed by atoms with Crippen molar-refractivity contribution in [2.45, 2.75) is 45.4 Å². The molecule has 0 spiro atoms. The Morgan fingerprint density at radius 3 is 2.79 bits per heavy atom. The first-order chi connectivity index (χ1) is 11.7. The molecule has 0 aliphatic carbocycles. The fourth-order valence-electron chi connectivity index (χ4n) is 2.87. The lowest BCUT2D eigenvalue weighted by molar-refractivity contribution is 0.108. The van der Waals surface area contributed by atoms with Gasteiger partial charge in [0.2, 0.25) is 5.12 Å². The zero-order valence-electron chi connectivity index (χ0n) is 14.8. The highest BCUT2D eigenvalue weighted by atomic mass is 32.2. The minimum absolute atomic E-state index is 0.0835. The average molecular weight is 351 g/mol. The molecule has 5 heteroatoms. The van der Waals surface area contributed by atoms with Crippen molar-refractivity contribution in [3.8, 4) is 5.75 Å². The summed E-state index contributed by atoms with van der Waals surface area (Å²) in [4.78, 5) is 15.0. The molecule has 1 fully saturated rings. The predicted octanol–water partition coefficient (Wildman–Crippen LogP) is 4.20. The first-order valence-electron chi connectivity index (χ1n) is 9.12. The van der Waals surface area contributed by atoms with Crippen LogP contribution in [0.25, 0.3) is 0 Å². The number of likely N-dealkylation sites (tertiary alicyclic amines) is 1. The molecular formula is C19H30N2O2S. The number of nitrogens with zero attached hydrogens (tertiary/aromatic N) is 1. The van der Waals surface area contributed by atoms with Crippen LogP contribution in [0, 0.1) is 0 Å². The molecule has 1 saturated heterocycles. The van der Waals surface area contributed by atoms with Gasteiger partial charge in [-0.1, -0.05) is 31.5 Å². The second-order valence-electron chi connectivity index (χ2n) is 6.35. The molecule has 1 heterocycles. The van der Waals surface area contributed by atoms with Crippen molar-refractivity contribution in [2.24, 2.45) is 0 Å². The molecular weight excluding hydrogens is 320 g/mol. The number of carbonyl (C=O) groups is 1. The maximum Gasteiger partial charge on any atom is 0.223 e. The number of benzene rings is 1. The lowest BCUT2D eigenvalue weighted by atomic mass is 10.1. The second kappa shape index (κ2) is 10.6. The molecule has 0 amide bonds. The quantitative estimate of drug-likeness (QED) is 0.534. The zero-order chi connectivity index (χ0) is 17.2. The molecule has 2 N–H and O–H groups in total. The van der Waals surface area contributed by atoms with Gasteiger partial charge in [0.15, 0.2) is 0 Å². The SMILES string of the molecule is CCCCOc1cc(N)ccc1C(=O)SCCCN1CCCCC1. The van der Waals surface area contributed by atoms with Gasteiger partial charge in [-0.15, -0.1) is 0 Å². The van der Waals surface area contributed by atoms with E-state index in [0.29, 0.717) is 23.6 Å². The van der Waals surface area contributed by atoms with Crippen LogP contribution < -0.4 is 10.5 Å². The third-order valence-electron chi connectivity index (χ3n) is 4.28. The van der Waals surface area contributed by atoms with E-state index in [1.165, 1.54) is 44.1 Å². The molecule has 24 heavy (non-hydrogen) atoms. The number of hydrogen-bond donors (Lipinski definition) is 1. The molecule has 0 saturated carbocycles. The van der Waals surface area contributed by atoms with Crippen LogP contribution in [0.15, 0.2) is 18.2 Å². The standard InChI is InChI=1S/C19H30N2O2S/c1-2-3-13-23-18-15-16(20)8-9-17(18)19(22)24-14-7-12-21-10-5-4-6-11-21/h8-9,15H,2-7,10-14,20H2,1H3. The molecule has 0 bridgehead atoms. The highest BCUT2D eigenvalue weighted by Crippen LogP contribution is 2.26. The minimum atomic E-state index is 0.0835. The Hall–Kier alpha value is -1.20. The molecule has 134 valence electrons. The molecule has 1 aliphatic heterocycles. The summed E-state index contributed by atoms with van der Waals surface area (Å²) in [6, 6.07) is 5.32. The van der Waals surface area contributed by atoms with E-state index in [9.17, 15) is 4.79 Å². The molecule has 1 aliphatic rings. The van der Waals surface area contributed by atoms with Crippen LogP contribution in [0.1, 0.15) is 55.8 Å². The van der Waals surface area contributed by atoms with Crippen molar-refractivity contribution >= 4 is 22.6 Å². The van der Waals surface area contributed by atoms with Gasteiger partial charge in [0.25, 0.3) is 0 Å². The molecule has 0 atom stereocenters. The topological polar surface area (TPSA) is 55.6 Å². The van der Waals surface area contributed by atoms with E-state index in [-0.39, 0.29) is 5.12 Å². The normalized spacial score (nSPS) is 15.4. The van der Waals surface area contributed by atoms with Crippen molar-refractivity contribution in [3.63, 3.8) is 0 Å². The third-order valence-corrected chi connectivity index (χ3v) is 5.26. The molecule has 0 unspecified atom stereocenters. The first kappa shape index (κ1) is 19.1. The van der Waals surface area contributed by atoms with Crippen LogP contribution in [-0.4, -0.2) is 42.0 Å². The van der Waals surface area contributed by atoms with Crippen molar-refractivity contribution in [2.75, 3.05) is 37.7 Å². The molecule has 0 radical (unpaired) electrons. The molecule has 2 rings (SSSR count). The fourth-order valence-corrected chi connectivity index (χ4v) is 3.65. The Bertz CT molecular complexity index is 516. The number of nitrogens with two attached hydrogens (primary N) is 1. The van der Waals surface area contributed by atoms with Crippen LogP contribution in [-0.2, 0) is 0 Å². The maximum atomic E-state index is 12.5. The number of piperidine rings is 1. The van der Waals surface area contributed by atoms with Crippen molar-refractivity contribution in [3.05, 3.63) is 23.8 Å². The van der Waals surface area contributed by atoms with E-state index >= 15 is 0 Å². The smallest absolute Gasteiger partial charge is 0.223 e. The highest BCUT2D eigenvalue weighted by Gasteiger charge is 2.14. The monoisotopic (exact) mass is 350 g/mol. The largest absolute Gasteiger partial charge is 0.493 e. The summed E-state index contributed by atoms with van der Waals surface area (Å²) in [5, 5.41) is 0.0835. The fraction of sp³-hybridized carbons (Fsp3) is 0.632. The van der Waals surface area contributed by atoms with E-state index in [2.05, 4.69) is 11.8 Å². The van der Waals surface area contributed by atoms with Gasteiger partial charge in [0.05, 0.1) is 12.2 Å². The number of carbonyl (C=O) groups excluding carboxylic acids is 1. The van der Waals surface area contributed by atoms with Gasteiger partial charge in [-0.3, -0.25) is 4.79 Å². The first-order valence-corrected chi connectivity index (χ1v) is 10.1. The summed E-state index contributed by atoms with van der Waals surface area (Å²) < 4.78 is 5.76. The lowest BCUT2D eigenvalue weighted by Crippen LogP contribution is -2.30. The zero-order valence-corrected chi connectivity index (χ0v) is 15.6. The molecule has 4 nitrogen and oxygen atoms in total. The predicted molar refractivity (Wildman–Crippen MR) is 103 cm³/mol. The number of anilines is 1. The van der Waals surface area contributed by atoms with Crippen LogP contribution >= 0.6 is 11.8 Å². The van der Waals surface area contributed by atoms with Crippen LogP contribution in [0.3, 0.4) is 0 Å². The van der Waals surface area contributed by atoms with Gasteiger partial charge < -0.3 is 15.4 Å². The Morgan fingerprint density at radius 2 is 2.04 bits per heavy atom. The Morgan fingerprint density at radius 1 is 1.25 bits per heavy atom.